The summed E-state index contributed by atoms with van der Waals surface area (Å²) in [4.78, 5) is 21.3. The van der Waals surface area contributed by atoms with Gasteiger partial charge in [-0.25, -0.2) is 0 Å². The quantitative estimate of drug-likeness (QED) is 0.414. The molecule has 0 saturated carbocycles. The SMILES string of the molecule is CC(=O)OC(C[N+](C)(C)C)C(N)C(=O)[O-]. The van der Waals surface area contributed by atoms with Crippen molar-refractivity contribution >= 4 is 11.9 Å². The van der Waals surface area contributed by atoms with Crippen molar-refractivity contribution in [2.24, 2.45) is 5.73 Å². The third kappa shape index (κ3) is 6.03. The maximum Gasteiger partial charge on any atom is 0.303 e. The van der Waals surface area contributed by atoms with Crippen LogP contribution >= 0.6 is 0 Å². The normalized spacial score (nSPS) is 15.5. The van der Waals surface area contributed by atoms with Gasteiger partial charge in [-0.15, -0.1) is 0 Å². The lowest BCUT2D eigenvalue weighted by Crippen LogP contribution is -2.56. The van der Waals surface area contributed by atoms with Gasteiger partial charge in [0.05, 0.1) is 33.2 Å². The second kappa shape index (κ2) is 5.09. The molecule has 0 aliphatic heterocycles. The zero-order valence-corrected chi connectivity index (χ0v) is 9.52. The summed E-state index contributed by atoms with van der Waals surface area (Å²) in [6.45, 7) is 1.53. The molecule has 0 amide bonds. The van der Waals surface area contributed by atoms with Gasteiger partial charge in [-0.1, -0.05) is 0 Å². The largest absolute Gasteiger partial charge is 0.548 e. The number of carbonyl (C=O) groups is 2. The molecule has 0 aromatic heterocycles. The molecule has 2 atom stereocenters. The fourth-order valence-electron chi connectivity index (χ4n) is 1.13. The first-order chi connectivity index (χ1) is 6.63. The summed E-state index contributed by atoms with van der Waals surface area (Å²) in [7, 11) is 5.54. The van der Waals surface area contributed by atoms with E-state index < -0.39 is 24.1 Å². The van der Waals surface area contributed by atoms with Gasteiger partial charge in [0.25, 0.3) is 0 Å². The number of nitrogens with two attached hydrogens (primary N) is 1. The number of quaternary nitrogens is 1. The number of hydrogen-bond acceptors (Lipinski definition) is 5. The zero-order valence-electron chi connectivity index (χ0n) is 9.52. The summed E-state index contributed by atoms with van der Waals surface area (Å²) in [5.74, 6) is -1.97. The average Bonchev–Trinajstić information content (AvgIpc) is 1.97. The highest BCUT2D eigenvalue weighted by molar-refractivity contribution is 5.73. The molecule has 15 heavy (non-hydrogen) atoms. The van der Waals surface area contributed by atoms with Crippen LogP contribution in [0.3, 0.4) is 0 Å². The van der Waals surface area contributed by atoms with Gasteiger partial charge in [0.2, 0.25) is 0 Å². The van der Waals surface area contributed by atoms with Gasteiger partial charge in [-0.05, 0) is 0 Å². The van der Waals surface area contributed by atoms with Crippen molar-refractivity contribution in [1.29, 1.82) is 0 Å². The molecule has 0 saturated heterocycles. The second-order valence-electron chi connectivity index (χ2n) is 4.47. The maximum absolute atomic E-state index is 10.8. The standard InChI is InChI=1S/C9H18N2O4/c1-6(12)15-7(5-11(2,3)4)8(10)9(13)14/h7-8H,5,10H2,1-4H3. The van der Waals surface area contributed by atoms with Crippen molar-refractivity contribution in [2.45, 2.75) is 19.1 Å². The maximum atomic E-state index is 10.8. The van der Waals surface area contributed by atoms with E-state index in [1.54, 1.807) is 0 Å². The minimum Gasteiger partial charge on any atom is -0.548 e. The molecule has 0 aromatic carbocycles. The van der Waals surface area contributed by atoms with E-state index in [1.807, 2.05) is 21.1 Å². The summed E-state index contributed by atoms with van der Waals surface area (Å²) in [6.07, 6.45) is -0.868. The Kier molecular flexibility index (Phi) is 4.70. The number of nitrogens with zero attached hydrogens (tertiary/aromatic N) is 1. The number of ether oxygens (including phenoxy) is 1. The third-order valence-electron chi connectivity index (χ3n) is 1.72. The molecule has 0 spiro atoms. The van der Waals surface area contributed by atoms with Crippen molar-refractivity contribution in [3.05, 3.63) is 0 Å². The van der Waals surface area contributed by atoms with Crippen molar-refractivity contribution in [3.63, 3.8) is 0 Å². The number of carboxylic acid groups (broad SMARTS) is 1. The lowest BCUT2D eigenvalue weighted by atomic mass is 10.1. The number of carboxylic acids is 1. The van der Waals surface area contributed by atoms with Gasteiger partial charge in [0, 0.05) is 6.92 Å². The third-order valence-corrected chi connectivity index (χ3v) is 1.72. The Morgan fingerprint density at radius 1 is 1.40 bits per heavy atom. The molecule has 2 unspecified atom stereocenters. The van der Waals surface area contributed by atoms with E-state index in [4.69, 9.17) is 10.5 Å². The average molecular weight is 218 g/mol. The van der Waals surface area contributed by atoms with E-state index >= 15 is 0 Å². The molecule has 0 aromatic rings. The number of likely N-dealkylation sites (N-methyl/N-ethyl adjacent to an activating group) is 1. The Balaban J connectivity index is 4.58. The van der Waals surface area contributed by atoms with Crippen molar-refractivity contribution in [3.8, 4) is 0 Å². The summed E-state index contributed by atoms with van der Waals surface area (Å²) in [5, 5.41) is 10.6. The Labute approximate surface area is 89.2 Å². The molecule has 2 N–H and O–H groups in total. The van der Waals surface area contributed by atoms with Crippen LogP contribution in [0.5, 0.6) is 0 Å². The molecule has 0 fully saturated rings. The molecular weight excluding hydrogens is 200 g/mol. The van der Waals surface area contributed by atoms with Crippen LogP contribution in [0.4, 0.5) is 0 Å². The van der Waals surface area contributed by atoms with Gasteiger partial charge in [-0.2, -0.15) is 0 Å². The Morgan fingerprint density at radius 3 is 2.13 bits per heavy atom. The van der Waals surface area contributed by atoms with Crippen LogP contribution in [0.15, 0.2) is 0 Å². The number of carbonyl (C=O) groups excluding carboxylic acids is 2. The predicted molar refractivity (Wildman–Crippen MR) is 51.4 cm³/mol. The molecule has 0 rings (SSSR count). The van der Waals surface area contributed by atoms with E-state index in [9.17, 15) is 14.7 Å². The van der Waals surface area contributed by atoms with Crippen LogP contribution in [0.25, 0.3) is 0 Å². The van der Waals surface area contributed by atoms with Gasteiger partial charge in [0.1, 0.15) is 6.54 Å². The molecule has 6 nitrogen and oxygen atoms in total. The van der Waals surface area contributed by atoms with Crippen molar-refractivity contribution < 1.29 is 23.9 Å². The molecule has 0 radical (unpaired) electrons. The summed E-state index contributed by atoms with van der Waals surface area (Å²) in [5.41, 5.74) is 5.37. The first-order valence-corrected chi connectivity index (χ1v) is 4.57. The topological polar surface area (TPSA) is 92.5 Å². The zero-order chi connectivity index (χ0) is 12.2. The van der Waals surface area contributed by atoms with Gasteiger partial charge < -0.3 is 24.9 Å². The number of hydrogen-bond donors (Lipinski definition) is 1. The molecule has 0 aliphatic rings. The van der Waals surface area contributed by atoms with Crippen LogP contribution in [-0.2, 0) is 14.3 Å². The molecule has 6 heteroatoms. The highest BCUT2D eigenvalue weighted by atomic mass is 16.5. The van der Waals surface area contributed by atoms with Crippen LogP contribution in [0.2, 0.25) is 0 Å². The first kappa shape index (κ1) is 13.9. The Hall–Kier alpha value is -1.14. The fraction of sp³-hybridized carbons (Fsp3) is 0.778. The van der Waals surface area contributed by atoms with E-state index in [0.717, 1.165) is 0 Å². The van der Waals surface area contributed by atoms with Crippen LogP contribution in [0.1, 0.15) is 6.92 Å². The first-order valence-electron chi connectivity index (χ1n) is 4.57. The lowest BCUT2D eigenvalue weighted by Gasteiger charge is -2.31. The van der Waals surface area contributed by atoms with Gasteiger partial charge >= 0.3 is 5.97 Å². The summed E-state index contributed by atoms with van der Waals surface area (Å²) >= 11 is 0. The highest BCUT2D eigenvalue weighted by Gasteiger charge is 2.27. The number of esters is 1. The number of aliphatic carboxylic acids is 1. The minimum absolute atomic E-state index is 0.314. The molecule has 88 valence electrons. The smallest absolute Gasteiger partial charge is 0.303 e. The predicted octanol–water partition coefficient (Wildman–Crippen LogP) is -2.30. The molecule has 0 heterocycles. The minimum atomic E-state index is -1.42. The summed E-state index contributed by atoms with van der Waals surface area (Å²) < 4.78 is 5.29. The van der Waals surface area contributed by atoms with Gasteiger partial charge in [-0.3, -0.25) is 4.79 Å². The van der Waals surface area contributed by atoms with E-state index in [2.05, 4.69) is 0 Å². The Bertz CT molecular complexity index is 247. The monoisotopic (exact) mass is 218 g/mol. The van der Waals surface area contributed by atoms with Gasteiger partial charge in [0.15, 0.2) is 6.10 Å². The highest BCUT2D eigenvalue weighted by Crippen LogP contribution is 2.04. The van der Waals surface area contributed by atoms with E-state index in [0.29, 0.717) is 11.0 Å². The van der Waals surface area contributed by atoms with E-state index in [-0.39, 0.29) is 0 Å². The Morgan fingerprint density at radius 2 is 1.87 bits per heavy atom. The van der Waals surface area contributed by atoms with Crippen LogP contribution in [-0.4, -0.2) is 56.3 Å². The molecular formula is C9H18N2O4. The second-order valence-corrected chi connectivity index (χ2v) is 4.47. The molecule has 0 aliphatic carbocycles. The lowest BCUT2D eigenvalue weighted by molar-refractivity contribution is -0.873. The molecule has 0 bridgehead atoms. The fourth-order valence-corrected chi connectivity index (χ4v) is 1.13. The van der Waals surface area contributed by atoms with Crippen molar-refractivity contribution in [1.82, 2.24) is 0 Å². The van der Waals surface area contributed by atoms with Crippen LogP contribution < -0.4 is 10.8 Å². The van der Waals surface area contributed by atoms with E-state index in [1.165, 1.54) is 6.92 Å². The number of rotatable bonds is 5. The summed E-state index contributed by atoms with van der Waals surface area (Å²) in [6, 6.07) is -1.30. The van der Waals surface area contributed by atoms with Crippen molar-refractivity contribution in [2.75, 3.05) is 27.7 Å². The van der Waals surface area contributed by atoms with Crippen LogP contribution in [0, 0.1) is 0 Å².